The van der Waals surface area contributed by atoms with Crippen LogP contribution in [0, 0.1) is 0 Å². The summed E-state index contributed by atoms with van der Waals surface area (Å²) in [6.45, 7) is -3.84. The molecule has 27 heteroatoms. The average Bonchev–Trinajstić information content (AvgIpc) is 3.08. The Morgan fingerprint density at radius 1 is 0.453 bits per heavy atom. The molecule has 20 atom stereocenters. The van der Waals surface area contributed by atoms with Gasteiger partial charge in [0, 0.05) is 0 Å². The van der Waals surface area contributed by atoms with Gasteiger partial charge in [-0.2, -0.15) is 16.8 Å². The van der Waals surface area contributed by atoms with Crippen molar-refractivity contribution in [2.24, 2.45) is 0 Å². The Bertz CT molecular complexity index is 1380. The quantitative estimate of drug-likeness (QED) is 0.0724. The lowest BCUT2D eigenvalue weighted by atomic mass is 9.95. The Hall–Kier alpha value is -0.940. The van der Waals surface area contributed by atoms with Crippen molar-refractivity contribution in [1.82, 2.24) is 0 Å². The highest BCUT2D eigenvalue weighted by Gasteiger charge is 2.56. The summed E-state index contributed by atoms with van der Waals surface area (Å²) in [5, 5.41) is 124. The van der Waals surface area contributed by atoms with E-state index >= 15 is 0 Å². The predicted molar refractivity (Wildman–Crippen MR) is 161 cm³/mol. The molecule has 4 saturated heterocycles. The summed E-state index contributed by atoms with van der Waals surface area (Å²) in [5.74, 6) is 0. The van der Waals surface area contributed by atoms with Crippen molar-refractivity contribution < 1.29 is 120 Å². The predicted octanol–water partition coefficient (Wildman–Crippen LogP) is -9.78. The van der Waals surface area contributed by atoms with Crippen LogP contribution in [0.15, 0.2) is 0 Å². The van der Waals surface area contributed by atoms with E-state index in [0.29, 0.717) is 12.5 Å². The Morgan fingerprint density at radius 3 is 1.40 bits per heavy atom. The number of ether oxygens (including phenoxy) is 7. The van der Waals surface area contributed by atoms with E-state index in [-0.39, 0.29) is 0 Å². The van der Waals surface area contributed by atoms with Crippen LogP contribution in [0.25, 0.3) is 0 Å². The van der Waals surface area contributed by atoms with Gasteiger partial charge in [0.2, 0.25) is 0 Å². The number of hydrogen-bond donors (Lipinski definition) is 12. The van der Waals surface area contributed by atoms with Crippen LogP contribution in [-0.4, -0.2) is 240 Å². The summed E-state index contributed by atoms with van der Waals surface area (Å²) in [6, 6.07) is 0. The molecule has 0 amide bonds. The third kappa shape index (κ3) is 10.5. The third-order valence-electron chi connectivity index (χ3n) is 8.73. The standard InChI is InChI=1S/C26H46O25S2/c1-52(39,40)43-6-10-21(49-24-16(35)12(31)11(30)7(3-27)45-24)18(37)22(51-53(2,41)42)26(47-10)50-20-9(5-29)46-25(17(36)14(20)33)48-19-8(4-28)44-23(38)15(34)13(19)32/h7-38H,3-6H2,1-2H3/t7-,8-,9-,10-,11-,12+,13-,14-,15-,16-,17-,18+,19-,20-,21-,22-,23+,24-,25-,26-/m1/s1. The second-order valence-corrected chi connectivity index (χ2v) is 16.0. The number of aliphatic hydroxyl groups is 12. The summed E-state index contributed by atoms with van der Waals surface area (Å²) in [4.78, 5) is 0. The summed E-state index contributed by atoms with van der Waals surface area (Å²) in [5.41, 5.74) is 0. The third-order valence-corrected chi connectivity index (χ3v) is 9.87. The molecular formula is C26H46O25S2. The van der Waals surface area contributed by atoms with Gasteiger partial charge in [-0.1, -0.05) is 0 Å². The lowest BCUT2D eigenvalue weighted by Gasteiger charge is -2.49. The van der Waals surface area contributed by atoms with E-state index in [0.717, 1.165) is 0 Å². The first-order valence-corrected chi connectivity index (χ1v) is 19.5. The zero-order chi connectivity index (χ0) is 39.7. The van der Waals surface area contributed by atoms with Gasteiger partial charge in [0.15, 0.2) is 31.3 Å². The van der Waals surface area contributed by atoms with Crippen molar-refractivity contribution in [3.8, 4) is 0 Å². The second kappa shape index (κ2) is 18.1. The molecule has 4 aliphatic heterocycles. The largest absolute Gasteiger partial charge is 0.394 e. The fraction of sp³-hybridized carbons (Fsp3) is 1.00. The lowest BCUT2D eigenvalue weighted by Crippen LogP contribution is -2.68. The normalized spacial score (nSPS) is 47.4. The molecule has 0 unspecified atom stereocenters. The van der Waals surface area contributed by atoms with Crippen molar-refractivity contribution in [1.29, 1.82) is 0 Å². The van der Waals surface area contributed by atoms with Crippen LogP contribution in [0.4, 0.5) is 0 Å². The Balaban J connectivity index is 1.61. The van der Waals surface area contributed by atoms with Gasteiger partial charge in [0.05, 0.1) is 38.9 Å². The molecule has 53 heavy (non-hydrogen) atoms. The van der Waals surface area contributed by atoms with Crippen LogP contribution in [0.1, 0.15) is 0 Å². The second-order valence-electron chi connectivity index (χ2n) is 12.7. The van der Waals surface area contributed by atoms with E-state index in [2.05, 4.69) is 0 Å². The molecule has 0 radical (unpaired) electrons. The van der Waals surface area contributed by atoms with Crippen molar-refractivity contribution >= 4 is 20.2 Å². The Kier molecular flexibility index (Phi) is 15.3. The molecule has 0 saturated carbocycles. The summed E-state index contributed by atoms with van der Waals surface area (Å²) in [7, 11) is -8.84. The Morgan fingerprint density at radius 2 is 0.887 bits per heavy atom. The topological polar surface area (TPSA) is 394 Å². The van der Waals surface area contributed by atoms with E-state index in [1.54, 1.807) is 0 Å². The highest BCUT2D eigenvalue weighted by Crippen LogP contribution is 2.35. The van der Waals surface area contributed by atoms with E-state index in [4.69, 9.17) is 41.5 Å². The molecule has 0 bridgehead atoms. The molecule has 0 spiro atoms. The van der Waals surface area contributed by atoms with Crippen LogP contribution in [0.3, 0.4) is 0 Å². The van der Waals surface area contributed by atoms with E-state index in [9.17, 15) is 78.1 Å². The van der Waals surface area contributed by atoms with Crippen molar-refractivity contribution in [3.63, 3.8) is 0 Å². The van der Waals surface area contributed by atoms with E-state index < -0.39 is 169 Å². The molecule has 4 rings (SSSR count). The smallest absolute Gasteiger partial charge is 0.264 e. The molecule has 4 aliphatic rings. The highest BCUT2D eigenvalue weighted by molar-refractivity contribution is 7.86. The SMILES string of the molecule is CS(=O)(=O)OC[C@H]1O[C@H](O[C@H]2[C@H](O)[C@@H](O)[C@@H](O[C@H]3[C@H](O)[C@@H](O)[C@@H](O)O[C@@H]3CO)O[C@@H]2CO)[C@H](OS(C)(=O)=O)[C@@H](O)[C@@H]1O[C@H]1O[C@H](CO)[C@@H](O)[C@H](O)[C@H]1O. The summed E-state index contributed by atoms with van der Waals surface area (Å²) >= 11 is 0. The van der Waals surface area contributed by atoms with Gasteiger partial charge in [-0.05, 0) is 0 Å². The minimum absolute atomic E-state index is 0.544. The minimum atomic E-state index is -4.57. The van der Waals surface area contributed by atoms with Crippen LogP contribution in [0.5, 0.6) is 0 Å². The monoisotopic (exact) mass is 822 g/mol. The van der Waals surface area contributed by atoms with Gasteiger partial charge in [0.1, 0.15) is 91.6 Å². The maximum absolute atomic E-state index is 12.3. The van der Waals surface area contributed by atoms with Gasteiger partial charge < -0.3 is 94.4 Å². The van der Waals surface area contributed by atoms with E-state index in [1.807, 2.05) is 0 Å². The zero-order valence-electron chi connectivity index (χ0n) is 27.9. The minimum Gasteiger partial charge on any atom is -0.394 e. The number of rotatable bonds is 14. The molecule has 0 aliphatic carbocycles. The van der Waals surface area contributed by atoms with Crippen molar-refractivity contribution in [2.45, 2.75) is 123 Å². The molecule has 4 heterocycles. The Labute approximate surface area is 301 Å². The number of hydrogen-bond acceptors (Lipinski definition) is 25. The maximum atomic E-state index is 12.3. The number of aliphatic hydroxyl groups excluding tert-OH is 12. The van der Waals surface area contributed by atoms with Gasteiger partial charge in [-0.15, -0.1) is 0 Å². The van der Waals surface area contributed by atoms with Crippen molar-refractivity contribution in [3.05, 3.63) is 0 Å². The molecule has 12 N–H and O–H groups in total. The molecular weight excluding hydrogens is 776 g/mol. The fourth-order valence-electron chi connectivity index (χ4n) is 6.01. The molecule has 4 fully saturated rings. The first kappa shape index (κ1) is 44.8. The van der Waals surface area contributed by atoms with Gasteiger partial charge >= 0.3 is 0 Å². The maximum Gasteiger partial charge on any atom is 0.264 e. The zero-order valence-corrected chi connectivity index (χ0v) is 29.5. The van der Waals surface area contributed by atoms with Crippen LogP contribution < -0.4 is 0 Å². The fourth-order valence-corrected chi connectivity index (χ4v) is 7.00. The summed E-state index contributed by atoms with van der Waals surface area (Å²) in [6.07, 6.45) is -37.7. The first-order chi connectivity index (χ1) is 24.6. The van der Waals surface area contributed by atoms with Crippen LogP contribution >= 0.6 is 0 Å². The molecule has 0 aromatic rings. The van der Waals surface area contributed by atoms with Gasteiger partial charge in [0.25, 0.3) is 20.2 Å². The molecule has 312 valence electrons. The van der Waals surface area contributed by atoms with Crippen LogP contribution in [0.2, 0.25) is 0 Å². The van der Waals surface area contributed by atoms with Crippen molar-refractivity contribution in [2.75, 3.05) is 38.9 Å². The average molecular weight is 823 g/mol. The highest BCUT2D eigenvalue weighted by atomic mass is 32.2. The summed E-state index contributed by atoms with van der Waals surface area (Å²) < 4.78 is 96.5. The lowest BCUT2D eigenvalue weighted by molar-refractivity contribution is -0.385. The first-order valence-electron chi connectivity index (χ1n) is 15.9. The molecule has 0 aromatic carbocycles. The molecule has 0 aromatic heterocycles. The van der Waals surface area contributed by atoms with Gasteiger partial charge in [-0.25, -0.2) is 0 Å². The van der Waals surface area contributed by atoms with Gasteiger partial charge in [-0.3, -0.25) is 8.37 Å². The van der Waals surface area contributed by atoms with E-state index in [1.165, 1.54) is 0 Å². The molecule has 25 nitrogen and oxygen atoms in total. The van der Waals surface area contributed by atoms with Crippen LogP contribution in [-0.2, 0) is 61.8 Å².